The summed E-state index contributed by atoms with van der Waals surface area (Å²) >= 11 is 0. The van der Waals surface area contributed by atoms with Crippen molar-refractivity contribution < 1.29 is 4.79 Å². The van der Waals surface area contributed by atoms with E-state index in [1.165, 1.54) is 0 Å². The highest BCUT2D eigenvalue weighted by Gasteiger charge is 2.11. The Morgan fingerprint density at radius 1 is 1.26 bits per heavy atom. The molecule has 0 fully saturated rings. The van der Waals surface area contributed by atoms with Gasteiger partial charge in [-0.3, -0.25) is 4.79 Å². The lowest BCUT2D eigenvalue weighted by Crippen LogP contribution is -2.27. The van der Waals surface area contributed by atoms with E-state index in [0.29, 0.717) is 12.8 Å². The lowest BCUT2D eigenvalue weighted by molar-refractivity contribution is -0.121. The van der Waals surface area contributed by atoms with E-state index in [1.807, 2.05) is 30.3 Å². The van der Waals surface area contributed by atoms with E-state index in [-0.39, 0.29) is 17.4 Å². The summed E-state index contributed by atoms with van der Waals surface area (Å²) in [5.41, 5.74) is 7.41. The largest absolute Gasteiger partial charge is 0.356 e. The highest BCUT2D eigenvalue weighted by molar-refractivity contribution is 5.75. The summed E-state index contributed by atoms with van der Waals surface area (Å²) in [6.07, 6.45) is 2.16. The van der Waals surface area contributed by atoms with Crippen molar-refractivity contribution in [2.24, 2.45) is 11.1 Å². The van der Waals surface area contributed by atoms with Crippen molar-refractivity contribution in [3.63, 3.8) is 0 Å². The maximum atomic E-state index is 11.7. The number of benzene rings is 1. The predicted molar refractivity (Wildman–Crippen MR) is 79.7 cm³/mol. The van der Waals surface area contributed by atoms with Gasteiger partial charge in [0.1, 0.15) is 0 Å². The topological polar surface area (TPSA) is 55.1 Å². The van der Waals surface area contributed by atoms with Crippen molar-refractivity contribution >= 4 is 5.91 Å². The van der Waals surface area contributed by atoms with Gasteiger partial charge < -0.3 is 11.1 Å². The number of carbonyl (C=O) groups is 1. The minimum atomic E-state index is -0.0606. The third-order valence-corrected chi connectivity index (χ3v) is 3.11. The average molecular weight is 262 g/mol. The standard InChI is InChI=1S/C16H26N2O/c1-16(2,3)11-12-18-15(19)10-9-14(17)13-7-5-4-6-8-13/h4-8,14H,9-12,17H2,1-3H3,(H,18,19). The van der Waals surface area contributed by atoms with Crippen molar-refractivity contribution in [2.45, 2.75) is 46.1 Å². The number of rotatable bonds is 6. The van der Waals surface area contributed by atoms with Crippen LogP contribution in [0.15, 0.2) is 30.3 Å². The van der Waals surface area contributed by atoms with Crippen LogP contribution in [0.5, 0.6) is 0 Å². The zero-order valence-corrected chi connectivity index (χ0v) is 12.3. The Bertz CT molecular complexity index is 381. The van der Waals surface area contributed by atoms with Gasteiger partial charge in [-0.1, -0.05) is 51.1 Å². The smallest absolute Gasteiger partial charge is 0.220 e. The molecule has 3 N–H and O–H groups in total. The average Bonchev–Trinajstić information content (AvgIpc) is 2.35. The molecule has 3 heteroatoms. The summed E-state index contributed by atoms with van der Waals surface area (Å²) in [4.78, 5) is 11.7. The van der Waals surface area contributed by atoms with Crippen LogP contribution in [-0.2, 0) is 4.79 Å². The van der Waals surface area contributed by atoms with Crippen molar-refractivity contribution in [1.82, 2.24) is 5.32 Å². The van der Waals surface area contributed by atoms with Gasteiger partial charge in [0.05, 0.1) is 0 Å². The van der Waals surface area contributed by atoms with Crippen LogP contribution in [0.2, 0.25) is 0 Å². The van der Waals surface area contributed by atoms with Gasteiger partial charge >= 0.3 is 0 Å². The van der Waals surface area contributed by atoms with Crippen LogP contribution in [0.1, 0.15) is 51.6 Å². The van der Waals surface area contributed by atoms with E-state index in [4.69, 9.17) is 5.73 Å². The highest BCUT2D eigenvalue weighted by atomic mass is 16.1. The monoisotopic (exact) mass is 262 g/mol. The first-order valence-electron chi connectivity index (χ1n) is 6.96. The Labute approximate surface area is 116 Å². The SMILES string of the molecule is CC(C)(C)CCNC(=O)CCC(N)c1ccccc1. The van der Waals surface area contributed by atoms with Crippen molar-refractivity contribution in [3.05, 3.63) is 35.9 Å². The van der Waals surface area contributed by atoms with E-state index < -0.39 is 0 Å². The van der Waals surface area contributed by atoms with Crippen LogP contribution in [0.4, 0.5) is 0 Å². The molecule has 3 nitrogen and oxygen atoms in total. The zero-order chi connectivity index (χ0) is 14.3. The quantitative estimate of drug-likeness (QED) is 0.828. The third kappa shape index (κ3) is 6.97. The first-order chi connectivity index (χ1) is 8.88. The summed E-state index contributed by atoms with van der Waals surface area (Å²) in [6, 6.07) is 9.85. The second kappa shape index (κ2) is 7.29. The molecule has 0 aromatic heterocycles. The Hall–Kier alpha value is -1.35. The third-order valence-electron chi connectivity index (χ3n) is 3.11. The van der Waals surface area contributed by atoms with Crippen LogP contribution in [0.25, 0.3) is 0 Å². The molecule has 106 valence electrons. The molecule has 0 aliphatic heterocycles. The number of carbonyl (C=O) groups excluding carboxylic acids is 1. The molecule has 0 heterocycles. The summed E-state index contributed by atoms with van der Waals surface area (Å²) in [6.45, 7) is 7.25. The van der Waals surface area contributed by atoms with Crippen LogP contribution in [0.3, 0.4) is 0 Å². The molecule has 1 unspecified atom stereocenters. The summed E-state index contributed by atoms with van der Waals surface area (Å²) in [5.74, 6) is 0.0932. The summed E-state index contributed by atoms with van der Waals surface area (Å²) in [5, 5.41) is 2.95. The molecule has 0 radical (unpaired) electrons. The molecule has 1 atom stereocenters. The van der Waals surface area contributed by atoms with Crippen molar-refractivity contribution in [2.75, 3.05) is 6.54 Å². The molecule has 1 amide bonds. The maximum Gasteiger partial charge on any atom is 0.220 e. The van der Waals surface area contributed by atoms with Gasteiger partial charge in [0.15, 0.2) is 0 Å². The Balaban J connectivity index is 2.23. The van der Waals surface area contributed by atoms with Crippen molar-refractivity contribution in [3.8, 4) is 0 Å². The summed E-state index contributed by atoms with van der Waals surface area (Å²) < 4.78 is 0. The number of hydrogen-bond donors (Lipinski definition) is 2. The minimum absolute atomic E-state index is 0.0606. The number of nitrogens with one attached hydrogen (secondary N) is 1. The Morgan fingerprint density at radius 2 is 1.89 bits per heavy atom. The maximum absolute atomic E-state index is 11.7. The second-order valence-corrected chi connectivity index (χ2v) is 6.22. The lowest BCUT2D eigenvalue weighted by Gasteiger charge is -2.18. The molecule has 0 saturated heterocycles. The van der Waals surface area contributed by atoms with Crippen LogP contribution in [0, 0.1) is 5.41 Å². The Kier molecular flexibility index (Phi) is 6.03. The van der Waals surface area contributed by atoms with Gasteiger partial charge in [-0.15, -0.1) is 0 Å². The van der Waals surface area contributed by atoms with Gasteiger partial charge in [-0.05, 0) is 23.8 Å². The van der Waals surface area contributed by atoms with Gasteiger partial charge in [-0.25, -0.2) is 0 Å². The molecule has 0 aliphatic rings. The van der Waals surface area contributed by atoms with Gasteiger partial charge in [-0.2, -0.15) is 0 Å². The van der Waals surface area contributed by atoms with Crippen LogP contribution < -0.4 is 11.1 Å². The minimum Gasteiger partial charge on any atom is -0.356 e. The van der Waals surface area contributed by atoms with Crippen LogP contribution >= 0.6 is 0 Å². The highest BCUT2D eigenvalue weighted by Crippen LogP contribution is 2.17. The first-order valence-corrected chi connectivity index (χ1v) is 6.96. The second-order valence-electron chi connectivity index (χ2n) is 6.22. The van der Waals surface area contributed by atoms with E-state index in [9.17, 15) is 4.79 Å². The molecule has 1 aromatic carbocycles. The fourth-order valence-electron chi connectivity index (χ4n) is 1.82. The van der Waals surface area contributed by atoms with Crippen LogP contribution in [-0.4, -0.2) is 12.5 Å². The molecule has 0 saturated carbocycles. The zero-order valence-electron chi connectivity index (χ0n) is 12.3. The molecule has 0 aliphatic carbocycles. The Morgan fingerprint density at radius 3 is 2.47 bits per heavy atom. The molecule has 0 bridgehead atoms. The van der Waals surface area contributed by atoms with Gasteiger partial charge in [0.2, 0.25) is 5.91 Å². The predicted octanol–water partition coefficient (Wildman–Crippen LogP) is 3.02. The molecule has 1 rings (SSSR count). The fourth-order valence-corrected chi connectivity index (χ4v) is 1.82. The van der Waals surface area contributed by atoms with E-state index in [2.05, 4.69) is 26.1 Å². The molecule has 0 spiro atoms. The van der Waals surface area contributed by atoms with Gasteiger partial charge in [0, 0.05) is 19.0 Å². The summed E-state index contributed by atoms with van der Waals surface area (Å²) in [7, 11) is 0. The number of amides is 1. The van der Waals surface area contributed by atoms with Crippen molar-refractivity contribution in [1.29, 1.82) is 0 Å². The molecule has 1 aromatic rings. The molecule has 19 heavy (non-hydrogen) atoms. The molecular weight excluding hydrogens is 236 g/mol. The van der Waals surface area contributed by atoms with E-state index in [1.54, 1.807) is 0 Å². The normalized spacial score (nSPS) is 13.1. The lowest BCUT2D eigenvalue weighted by atomic mass is 9.92. The number of nitrogens with two attached hydrogens (primary N) is 1. The van der Waals surface area contributed by atoms with E-state index in [0.717, 1.165) is 18.5 Å². The van der Waals surface area contributed by atoms with Gasteiger partial charge in [0.25, 0.3) is 0 Å². The first kappa shape index (κ1) is 15.7. The van der Waals surface area contributed by atoms with E-state index >= 15 is 0 Å². The number of hydrogen-bond acceptors (Lipinski definition) is 2. The fraction of sp³-hybridized carbons (Fsp3) is 0.562. The molecular formula is C16H26N2O.